The summed E-state index contributed by atoms with van der Waals surface area (Å²) in [6.45, 7) is 2.93. The second-order valence-electron chi connectivity index (χ2n) is 4.33. The predicted octanol–water partition coefficient (Wildman–Crippen LogP) is 1.80. The Morgan fingerprint density at radius 3 is 3.12 bits per heavy atom. The van der Waals surface area contributed by atoms with Gasteiger partial charge in [-0.1, -0.05) is 0 Å². The summed E-state index contributed by atoms with van der Waals surface area (Å²) in [5, 5.41) is 3.45. The van der Waals surface area contributed by atoms with E-state index in [0.717, 1.165) is 31.7 Å². The maximum atomic E-state index is 5.07. The first-order valence-electron chi connectivity index (χ1n) is 5.89. The van der Waals surface area contributed by atoms with E-state index < -0.39 is 0 Å². The zero-order chi connectivity index (χ0) is 11.4. The minimum Gasteiger partial charge on any atom is -0.385 e. The van der Waals surface area contributed by atoms with Crippen LogP contribution in [-0.2, 0) is 17.6 Å². The molecule has 1 atom stereocenters. The molecule has 2 rings (SSSR count). The number of anilines is 1. The maximum Gasteiger partial charge on any atom is 0.133 e. The number of aromatic nitrogens is 2. The van der Waals surface area contributed by atoms with Crippen molar-refractivity contribution >= 4 is 5.82 Å². The Balaban J connectivity index is 2.01. The van der Waals surface area contributed by atoms with Crippen LogP contribution in [0.5, 0.6) is 0 Å². The van der Waals surface area contributed by atoms with Gasteiger partial charge in [-0.25, -0.2) is 9.97 Å². The number of nitrogens with zero attached hydrogens (tertiary/aromatic N) is 2. The van der Waals surface area contributed by atoms with Gasteiger partial charge in [0.15, 0.2) is 0 Å². The largest absolute Gasteiger partial charge is 0.385 e. The lowest BCUT2D eigenvalue weighted by molar-refractivity contribution is 0.191. The molecule has 0 saturated carbocycles. The molecule has 1 aliphatic rings. The van der Waals surface area contributed by atoms with Crippen LogP contribution in [0.15, 0.2) is 6.33 Å². The van der Waals surface area contributed by atoms with Crippen LogP contribution in [-0.4, -0.2) is 29.7 Å². The Morgan fingerprint density at radius 2 is 2.31 bits per heavy atom. The van der Waals surface area contributed by atoms with Gasteiger partial charge in [0.2, 0.25) is 0 Å². The Hall–Kier alpha value is -1.16. The average Bonchev–Trinajstić information content (AvgIpc) is 2.75. The van der Waals surface area contributed by atoms with Crippen LogP contribution in [0.2, 0.25) is 0 Å². The van der Waals surface area contributed by atoms with Gasteiger partial charge in [-0.15, -0.1) is 0 Å². The van der Waals surface area contributed by atoms with Gasteiger partial charge in [0.1, 0.15) is 12.1 Å². The third kappa shape index (κ3) is 2.50. The van der Waals surface area contributed by atoms with Crippen molar-refractivity contribution in [2.75, 3.05) is 19.0 Å². The van der Waals surface area contributed by atoms with Crippen LogP contribution >= 0.6 is 0 Å². The number of methoxy groups -OCH3 is 1. The van der Waals surface area contributed by atoms with Crippen molar-refractivity contribution in [3.05, 3.63) is 17.6 Å². The van der Waals surface area contributed by atoms with E-state index in [-0.39, 0.29) is 0 Å². The smallest absolute Gasteiger partial charge is 0.133 e. The minimum absolute atomic E-state index is 0.388. The van der Waals surface area contributed by atoms with E-state index in [1.807, 2.05) is 0 Å². The van der Waals surface area contributed by atoms with Crippen LogP contribution in [0.1, 0.15) is 31.0 Å². The molecule has 1 aromatic rings. The number of aryl methyl sites for hydroxylation is 1. The Labute approximate surface area is 96.4 Å². The van der Waals surface area contributed by atoms with Crippen LogP contribution < -0.4 is 5.32 Å². The highest BCUT2D eigenvalue weighted by molar-refractivity contribution is 5.48. The van der Waals surface area contributed by atoms with Crippen LogP contribution in [0.25, 0.3) is 0 Å². The quantitative estimate of drug-likeness (QED) is 0.823. The number of fused-ring (bicyclic) bond motifs is 1. The molecule has 0 aliphatic heterocycles. The van der Waals surface area contributed by atoms with Crippen LogP contribution in [0.4, 0.5) is 5.82 Å². The lowest BCUT2D eigenvalue weighted by Crippen LogP contribution is -2.19. The summed E-state index contributed by atoms with van der Waals surface area (Å²) >= 11 is 0. The maximum absolute atomic E-state index is 5.07. The van der Waals surface area contributed by atoms with Crippen molar-refractivity contribution in [2.45, 2.75) is 38.6 Å². The molecular weight excluding hydrogens is 202 g/mol. The number of hydrogen-bond acceptors (Lipinski definition) is 4. The summed E-state index contributed by atoms with van der Waals surface area (Å²) in [6.07, 6.45) is 6.06. The average molecular weight is 221 g/mol. The molecule has 4 nitrogen and oxygen atoms in total. The highest BCUT2D eigenvalue weighted by Crippen LogP contribution is 2.25. The molecule has 0 aromatic carbocycles. The van der Waals surface area contributed by atoms with Gasteiger partial charge in [-0.3, -0.25) is 0 Å². The van der Waals surface area contributed by atoms with Crippen molar-refractivity contribution in [2.24, 2.45) is 0 Å². The monoisotopic (exact) mass is 221 g/mol. The van der Waals surface area contributed by atoms with Gasteiger partial charge in [-0.05, 0) is 32.6 Å². The molecule has 1 heterocycles. The minimum atomic E-state index is 0.388. The molecule has 0 fully saturated rings. The first-order chi connectivity index (χ1) is 7.81. The highest BCUT2D eigenvalue weighted by Gasteiger charge is 2.17. The van der Waals surface area contributed by atoms with Gasteiger partial charge in [-0.2, -0.15) is 0 Å². The van der Waals surface area contributed by atoms with Gasteiger partial charge in [0.05, 0.1) is 0 Å². The Kier molecular flexibility index (Phi) is 3.72. The summed E-state index contributed by atoms with van der Waals surface area (Å²) < 4.78 is 5.07. The Morgan fingerprint density at radius 1 is 1.44 bits per heavy atom. The van der Waals surface area contributed by atoms with E-state index in [1.165, 1.54) is 17.7 Å². The van der Waals surface area contributed by atoms with E-state index >= 15 is 0 Å². The number of ether oxygens (including phenoxy) is 1. The molecule has 16 heavy (non-hydrogen) atoms. The summed E-state index contributed by atoms with van der Waals surface area (Å²) in [5.74, 6) is 1.02. The van der Waals surface area contributed by atoms with Crippen molar-refractivity contribution in [1.82, 2.24) is 9.97 Å². The SMILES string of the molecule is COCCC(C)Nc1ncnc2c1CCC2. The fraction of sp³-hybridized carbons (Fsp3) is 0.667. The molecule has 1 aliphatic carbocycles. The molecule has 4 heteroatoms. The zero-order valence-corrected chi connectivity index (χ0v) is 9.99. The molecule has 1 N–H and O–H groups in total. The molecule has 1 aromatic heterocycles. The van der Waals surface area contributed by atoms with Gasteiger partial charge >= 0.3 is 0 Å². The van der Waals surface area contributed by atoms with E-state index in [0.29, 0.717) is 6.04 Å². The highest BCUT2D eigenvalue weighted by atomic mass is 16.5. The fourth-order valence-corrected chi connectivity index (χ4v) is 2.08. The van der Waals surface area contributed by atoms with Gasteiger partial charge in [0, 0.05) is 31.0 Å². The molecular formula is C12H19N3O. The van der Waals surface area contributed by atoms with Crippen molar-refractivity contribution in [3.8, 4) is 0 Å². The normalized spacial score (nSPS) is 15.9. The molecule has 0 saturated heterocycles. The molecule has 0 bridgehead atoms. The van der Waals surface area contributed by atoms with Crippen LogP contribution in [0, 0.1) is 0 Å². The standard InChI is InChI=1S/C12H19N3O/c1-9(6-7-16-2)15-12-10-4-3-5-11(10)13-8-14-12/h8-9H,3-7H2,1-2H3,(H,13,14,15). The van der Waals surface area contributed by atoms with E-state index in [4.69, 9.17) is 4.74 Å². The van der Waals surface area contributed by atoms with Crippen LogP contribution in [0.3, 0.4) is 0 Å². The van der Waals surface area contributed by atoms with Crippen molar-refractivity contribution < 1.29 is 4.74 Å². The summed E-state index contributed by atoms with van der Waals surface area (Å²) in [5.41, 5.74) is 2.53. The molecule has 0 amide bonds. The zero-order valence-electron chi connectivity index (χ0n) is 9.99. The predicted molar refractivity (Wildman–Crippen MR) is 63.6 cm³/mol. The molecule has 1 unspecified atom stereocenters. The molecule has 0 spiro atoms. The second-order valence-corrected chi connectivity index (χ2v) is 4.33. The molecule has 88 valence electrons. The number of nitrogens with one attached hydrogen (secondary N) is 1. The third-order valence-corrected chi connectivity index (χ3v) is 3.01. The van der Waals surface area contributed by atoms with E-state index in [9.17, 15) is 0 Å². The number of hydrogen-bond donors (Lipinski definition) is 1. The van der Waals surface area contributed by atoms with Gasteiger partial charge in [0.25, 0.3) is 0 Å². The van der Waals surface area contributed by atoms with Crippen molar-refractivity contribution in [3.63, 3.8) is 0 Å². The summed E-state index contributed by atoms with van der Waals surface area (Å²) in [4.78, 5) is 8.65. The van der Waals surface area contributed by atoms with E-state index in [2.05, 4.69) is 22.2 Å². The first kappa shape index (κ1) is 11.3. The lowest BCUT2D eigenvalue weighted by Gasteiger charge is -2.16. The summed E-state index contributed by atoms with van der Waals surface area (Å²) in [6, 6.07) is 0.388. The van der Waals surface area contributed by atoms with Crippen molar-refractivity contribution in [1.29, 1.82) is 0 Å². The fourth-order valence-electron chi connectivity index (χ4n) is 2.08. The summed E-state index contributed by atoms with van der Waals surface area (Å²) in [7, 11) is 1.73. The first-order valence-corrected chi connectivity index (χ1v) is 5.89. The topological polar surface area (TPSA) is 47.0 Å². The second kappa shape index (κ2) is 5.25. The molecule has 0 radical (unpaired) electrons. The number of rotatable bonds is 5. The lowest BCUT2D eigenvalue weighted by atomic mass is 10.2. The van der Waals surface area contributed by atoms with Gasteiger partial charge < -0.3 is 10.1 Å². The van der Waals surface area contributed by atoms with E-state index in [1.54, 1.807) is 13.4 Å². The third-order valence-electron chi connectivity index (χ3n) is 3.01. The Bertz CT molecular complexity index is 354.